The first-order valence-corrected chi connectivity index (χ1v) is 11.5. The molecule has 0 radical (unpaired) electrons. The highest BCUT2D eigenvalue weighted by Gasteiger charge is 2.26. The van der Waals surface area contributed by atoms with Crippen LogP contribution in [-0.4, -0.2) is 28.5 Å². The number of amides is 3. The van der Waals surface area contributed by atoms with Crippen molar-refractivity contribution in [3.05, 3.63) is 57.2 Å². The summed E-state index contributed by atoms with van der Waals surface area (Å²) in [7, 11) is 1.45. The molecule has 1 atom stereocenters. The second-order valence-electron chi connectivity index (χ2n) is 6.61. The molecule has 0 fully saturated rings. The van der Waals surface area contributed by atoms with Crippen LogP contribution in [0.2, 0.25) is 0 Å². The van der Waals surface area contributed by atoms with Gasteiger partial charge in [-0.2, -0.15) is 0 Å². The average Bonchev–Trinajstić information content (AvgIpc) is 3.18. The van der Waals surface area contributed by atoms with Crippen molar-refractivity contribution < 1.29 is 9.59 Å². The van der Waals surface area contributed by atoms with E-state index in [0.29, 0.717) is 21.9 Å². The lowest BCUT2D eigenvalue weighted by Gasteiger charge is -2.18. The van der Waals surface area contributed by atoms with E-state index in [9.17, 15) is 14.4 Å². The highest BCUT2D eigenvalue weighted by atomic mass is 32.2. The Labute approximate surface area is 182 Å². The molecule has 2 N–H and O–H groups in total. The molecule has 0 saturated carbocycles. The van der Waals surface area contributed by atoms with E-state index in [-0.39, 0.29) is 5.56 Å². The Hall–Kier alpha value is -2.65. The first-order chi connectivity index (χ1) is 14.5. The molecule has 0 aliphatic rings. The number of carbonyl (C=O) groups is 2. The first-order valence-electron chi connectivity index (χ1n) is 9.75. The molecule has 3 rings (SSSR count). The predicted octanol–water partition coefficient (Wildman–Crippen LogP) is 3.72. The molecule has 3 aromatic rings. The van der Waals surface area contributed by atoms with Gasteiger partial charge in [-0.15, -0.1) is 11.3 Å². The monoisotopic (exact) mass is 444 g/mol. The van der Waals surface area contributed by atoms with E-state index < -0.39 is 17.2 Å². The van der Waals surface area contributed by atoms with Crippen LogP contribution < -0.4 is 16.2 Å². The van der Waals surface area contributed by atoms with Gasteiger partial charge in [-0.3, -0.25) is 19.5 Å². The Morgan fingerprint density at radius 1 is 1.23 bits per heavy atom. The van der Waals surface area contributed by atoms with Crippen molar-refractivity contribution in [2.75, 3.05) is 7.05 Å². The first kappa shape index (κ1) is 22.0. The van der Waals surface area contributed by atoms with Crippen molar-refractivity contribution in [1.82, 2.24) is 20.2 Å². The van der Waals surface area contributed by atoms with Gasteiger partial charge in [0.1, 0.15) is 10.1 Å². The van der Waals surface area contributed by atoms with E-state index in [1.165, 1.54) is 30.1 Å². The number of thioether (sulfide) groups is 1. The fourth-order valence-electron chi connectivity index (χ4n) is 2.98. The number of thiophene rings is 1. The van der Waals surface area contributed by atoms with E-state index in [4.69, 9.17) is 4.98 Å². The Morgan fingerprint density at radius 2 is 1.97 bits per heavy atom. The van der Waals surface area contributed by atoms with Gasteiger partial charge in [0, 0.05) is 18.5 Å². The van der Waals surface area contributed by atoms with Gasteiger partial charge in [0.05, 0.1) is 5.39 Å². The lowest BCUT2D eigenvalue weighted by Crippen LogP contribution is -2.39. The maximum absolute atomic E-state index is 13.1. The second kappa shape index (κ2) is 9.90. The topological polar surface area (TPSA) is 93.1 Å². The predicted molar refractivity (Wildman–Crippen MR) is 121 cm³/mol. The zero-order chi connectivity index (χ0) is 21.7. The molecule has 0 spiro atoms. The Bertz CT molecular complexity index is 1110. The van der Waals surface area contributed by atoms with Crippen LogP contribution in [0.1, 0.15) is 36.0 Å². The van der Waals surface area contributed by atoms with Gasteiger partial charge in [-0.1, -0.05) is 55.9 Å². The van der Waals surface area contributed by atoms with Crippen molar-refractivity contribution in [1.29, 1.82) is 0 Å². The molecule has 2 heterocycles. The summed E-state index contributed by atoms with van der Waals surface area (Å²) in [4.78, 5) is 44.2. The molecule has 0 saturated heterocycles. The molecule has 30 heavy (non-hydrogen) atoms. The Morgan fingerprint density at radius 3 is 2.60 bits per heavy atom. The number of carbonyl (C=O) groups excluding carboxylic acids is 2. The number of imide groups is 1. The highest BCUT2D eigenvalue weighted by Crippen LogP contribution is 2.35. The molecule has 0 unspecified atom stereocenters. The maximum Gasteiger partial charge on any atom is 0.321 e. The summed E-state index contributed by atoms with van der Waals surface area (Å²) in [5.41, 5.74) is 0.626. The van der Waals surface area contributed by atoms with Crippen molar-refractivity contribution in [3.8, 4) is 0 Å². The highest BCUT2D eigenvalue weighted by molar-refractivity contribution is 8.00. The minimum atomic E-state index is -0.735. The molecule has 3 amide bonds. The van der Waals surface area contributed by atoms with Crippen LogP contribution in [0.3, 0.4) is 0 Å². The van der Waals surface area contributed by atoms with Crippen molar-refractivity contribution >= 4 is 45.3 Å². The summed E-state index contributed by atoms with van der Waals surface area (Å²) in [6, 6.07) is 10.5. The standard InChI is InChI=1S/C21H24N4O3S2/c1-4-11-25-19(27)15-12-14(5-2)29-18(15)24-21(25)30-16(13-9-7-6-8-10-13)17(26)23-20(28)22-3/h6-10,12,16H,4-5,11H2,1-3H3,(H2,22,23,26,28)/t16-/m0/s1. The van der Waals surface area contributed by atoms with Gasteiger partial charge >= 0.3 is 6.03 Å². The quantitative estimate of drug-likeness (QED) is 0.428. The third kappa shape index (κ3) is 4.73. The molecule has 0 bridgehead atoms. The molecule has 1 aromatic carbocycles. The fraction of sp³-hybridized carbons (Fsp3) is 0.333. The SMILES string of the molecule is CCCn1c(S[C@H](C(=O)NC(=O)NC)c2ccccc2)nc2sc(CC)cc2c1=O. The van der Waals surface area contributed by atoms with Crippen LogP contribution in [0.25, 0.3) is 10.2 Å². The maximum atomic E-state index is 13.1. The third-order valence-electron chi connectivity index (χ3n) is 4.49. The summed E-state index contributed by atoms with van der Waals surface area (Å²) in [5.74, 6) is -0.469. The van der Waals surface area contributed by atoms with E-state index >= 15 is 0 Å². The largest absolute Gasteiger partial charge is 0.341 e. The molecule has 0 aliphatic carbocycles. The number of hydrogen-bond donors (Lipinski definition) is 2. The summed E-state index contributed by atoms with van der Waals surface area (Å²) in [6.45, 7) is 4.53. The van der Waals surface area contributed by atoms with Gasteiger partial charge in [-0.05, 0) is 24.5 Å². The minimum absolute atomic E-state index is 0.0983. The molecule has 7 nitrogen and oxygen atoms in total. The molecule has 0 aliphatic heterocycles. The Kier molecular flexibility index (Phi) is 7.28. The lowest BCUT2D eigenvalue weighted by molar-refractivity contribution is -0.119. The molecular weight excluding hydrogens is 420 g/mol. The van der Waals surface area contributed by atoms with Gasteiger partial charge in [-0.25, -0.2) is 9.78 Å². The molecule has 9 heteroatoms. The summed E-state index contributed by atoms with van der Waals surface area (Å²) >= 11 is 2.68. The van der Waals surface area contributed by atoms with Crippen LogP contribution in [0, 0.1) is 0 Å². The summed E-state index contributed by atoms with van der Waals surface area (Å²) in [6.07, 6.45) is 1.59. The van der Waals surface area contributed by atoms with E-state index in [0.717, 1.165) is 23.3 Å². The van der Waals surface area contributed by atoms with Gasteiger partial charge in [0.2, 0.25) is 5.91 Å². The molecular formula is C21H24N4O3S2. The summed E-state index contributed by atoms with van der Waals surface area (Å²) < 4.78 is 1.63. The normalized spacial score (nSPS) is 12.0. The number of benzene rings is 1. The van der Waals surface area contributed by atoms with Crippen LogP contribution in [-0.2, 0) is 17.8 Å². The van der Waals surface area contributed by atoms with E-state index in [2.05, 4.69) is 10.6 Å². The lowest BCUT2D eigenvalue weighted by atomic mass is 10.1. The summed E-state index contributed by atoms with van der Waals surface area (Å²) in [5, 5.41) is 5.08. The number of rotatable bonds is 7. The number of urea groups is 1. The molecule has 2 aromatic heterocycles. The molecule has 158 valence electrons. The second-order valence-corrected chi connectivity index (χ2v) is 8.80. The number of hydrogen-bond acceptors (Lipinski definition) is 6. The van der Waals surface area contributed by atoms with Crippen molar-refractivity contribution in [2.45, 2.75) is 43.6 Å². The number of aryl methyl sites for hydroxylation is 1. The van der Waals surface area contributed by atoms with Crippen LogP contribution in [0.4, 0.5) is 4.79 Å². The zero-order valence-corrected chi connectivity index (χ0v) is 18.7. The Balaban J connectivity index is 2.08. The minimum Gasteiger partial charge on any atom is -0.341 e. The third-order valence-corrected chi connectivity index (χ3v) is 6.91. The van der Waals surface area contributed by atoms with E-state index in [1.807, 2.05) is 50.2 Å². The zero-order valence-electron chi connectivity index (χ0n) is 17.1. The number of fused-ring (bicyclic) bond motifs is 1. The van der Waals surface area contributed by atoms with E-state index in [1.54, 1.807) is 4.57 Å². The van der Waals surface area contributed by atoms with Crippen molar-refractivity contribution in [2.24, 2.45) is 0 Å². The van der Waals surface area contributed by atoms with Gasteiger partial charge < -0.3 is 5.32 Å². The van der Waals surface area contributed by atoms with Crippen LogP contribution in [0.5, 0.6) is 0 Å². The van der Waals surface area contributed by atoms with Crippen LogP contribution in [0.15, 0.2) is 46.3 Å². The van der Waals surface area contributed by atoms with Crippen molar-refractivity contribution in [3.63, 3.8) is 0 Å². The average molecular weight is 445 g/mol. The number of nitrogens with zero attached hydrogens (tertiary/aromatic N) is 2. The smallest absolute Gasteiger partial charge is 0.321 e. The van der Waals surface area contributed by atoms with Gasteiger partial charge in [0.25, 0.3) is 5.56 Å². The number of nitrogens with one attached hydrogen (secondary N) is 2. The fourth-order valence-corrected chi connectivity index (χ4v) is 5.11. The van der Waals surface area contributed by atoms with Gasteiger partial charge in [0.15, 0.2) is 5.16 Å². The van der Waals surface area contributed by atoms with Crippen LogP contribution >= 0.6 is 23.1 Å². The number of aromatic nitrogens is 2.